The highest BCUT2D eigenvalue weighted by molar-refractivity contribution is 7.49. The third kappa shape index (κ3) is 7.23. The molecular formula is C29H37B10N2+. The minimum atomic E-state index is -0.973. The Morgan fingerprint density at radius 1 is 1.07 bits per heavy atom. The van der Waals surface area contributed by atoms with E-state index >= 15 is 0 Å². The molecule has 0 aromatic heterocycles. The molecule has 41 heavy (non-hydrogen) atoms. The van der Waals surface area contributed by atoms with Gasteiger partial charge in [0, 0.05) is 87.5 Å². The number of nitrogens with zero attached hydrogens (tertiary/aromatic N) is 2. The summed E-state index contributed by atoms with van der Waals surface area (Å²) in [6.07, 6.45) is 7.90. The molecule has 2 rings (SSSR count). The van der Waals surface area contributed by atoms with Crippen LogP contribution in [0, 0.1) is 36.0 Å². The van der Waals surface area contributed by atoms with E-state index in [4.69, 9.17) is 53.0 Å². The van der Waals surface area contributed by atoms with E-state index in [1.165, 1.54) is 14.2 Å². The lowest BCUT2D eigenvalue weighted by atomic mass is 9.02. The van der Waals surface area contributed by atoms with Crippen LogP contribution < -0.4 is 0 Å². The van der Waals surface area contributed by atoms with Crippen molar-refractivity contribution < 1.29 is 4.58 Å². The normalized spacial score (nSPS) is 25.3. The lowest BCUT2D eigenvalue weighted by Gasteiger charge is -2.31. The first kappa shape index (κ1) is 35.4. The highest BCUT2D eigenvalue weighted by Crippen LogP contribution is 2.38. The molecule has 1 saturated heterocycles. The van der Waals surface area contributed by atoms with Crippen molar-refractivity contribution in [3.8, 4) is 24.2 Å². The molecule has 0 aromatic carbocycles. The molecule has 4 atom stereocenters. The van der Waals surface area contributed by atoms with E-state index in [2.05, 4.69) is 68.8 Å². The molecule has 0 bridgehead atoms. The Bertz CT molecular complexity index is 1260. The minimum Gasteiger partial charge on any atom is -0.373 e. The summed E-state index contributed by atoms with van der Waals surface area (Å²) in [4.78, 5) is 2.34. The van der Waals surface area contributed by atoms with Crippen LogP contribution in [-0.2, 0) is 0 Å². The Hall–Kier alpha value is -1.80. The molecule has 12 heteroatoms. The zero-order valence-electron chi connectivity index (χ0n) is 26.4. The number of terminal acetylenes is 1. The van der Waals surface area contributed by atoms with Crippen LogP contribution in [0.25, 0.3) is 0 Å². The molecule has 0 aliphatic carbocycles. The first-order valence-electron chi connectivity index (χ1n) is 14.7. The van der Waals surface area contributed by atoms with Crippen molar-refractivity contribution >= 4 is 79.5 Å². The van der Waals surface area contributed by atoms with Crippen molar-refractivity contribution in [3.05, 3.63) is 44.3 Å². The van der Waals surface area contributed by atoms with Gasteiger partial charge in [0.1, 0.15) is 14.4 Å². The third-order valence-corrected chi connectivity index (χ3v) is 8.98. The first-order valence-corrected chi connectivity index (χ1v) is 14.7. The lowest BCUT2D eigenvalue weighted by molar-refractivity contribution is -0.556. The molecule has 0 aromatic rings. The highest BCUT2D eigenvalue weighted by Gasteiger charge is 2.37. The van der Waals surface area contributed by atoms with Crippen LogP contribution >= 0.6 is 0 Å². The average Bonchev–Trinajstić information content (AvgIpc) is 3.40. The van der Waals surface area contributed by atoms with Crippen molar-refractivity contribution in [1.82, 2.24) is 4.90 Å². The number of hydrogen-bond acceptors (Lipinski definition) is 1. The van der Waals surface area contributed by atoms with Crippen molar-refractivity contribution in [2.45, 2.75) is 80.3 Å². The molecule has 0 amide bonds. The van der Waals surface area contributed by atoms with E-state index in [0.717, 1.165) is 48.4 Å². The fourth-order valence-corrected chi connectivity index (χ4v) is 6.30. The van der Waals surface area contributed by atoms with Gasteiger partial charge in [0.2, 0.25) is 0 Å². The summed E-state index contributed by atoms with van der Waals surface area (Å²) < 4.78 is 2.34. The molecule has 2 aliphatic rings. The molecule has 192 valence electrons. The number of allylic oxidation sites excluding steroid dienone is 8. The van der Waals surface area contributed by atoms with Gasteiger partial charge in [0.25, 0.3) is 0 Å². The summed E-state index contributed by atoms with van der Waals surface area (Å²) in [6, 6.07) is 0.694. The second-order valence-corrected chi connectivity index (χ2v) is 11.3. The molecule has 4 unspecified atom stereocenters. The predicted octanol–water partition coefficient (Wildman–Crippen LogP) is 1.68. The van der Waals surface area contributed by atoms with E-state index in [1.807, 2.05) is 6.92 Å². The quantitative estimate of drug-likeness (QED) is 0.184. The van der Waals surface area contributed by atoms with Gasteiger partial charge in [-0.1, -0.05) is 47.7 Å². The van der Waals surface area contributed by atoms with Gasteiger partial charge >= 0.3 is 0 Å². The molecule has 2 heterocycles. The van der Waals surface area contributed by atoms with Gasteiger partial charge < -0.3 is 4.90 Å². The molecule has 2 nitrogen and oxygen atoms in total. The molecule has 0 spiro atoms. The summed E-state index contributed by atoms with van der Waals surface area (Å²) in [7, 11) is 41.8. The van der Waals surface area contributed by atoms with Crippen LogP contribution in [0.15, 0.2) is 44.3 Å². The van der Waals surface area contributed by atoms with Crippen LogP contribution in [0.5, 0.6) is 0 Å². The Labute approximate surface area is 261 Å². The Morgan fingerprint density at radius 3 is 2.17 bits per heavy atom. The van der Waals surface area contributed by atoms with E-state index in [-0.39, 0.29) is 0 Å². The zero-order chi connectivity index (χ0) is 31.2. The Balaban J connectivity index is 3.07. The van der Waals surface area contributed by atoms with E-state index < -0.39 is 13.0 Å². The fraction of sp³-hybridized carbons (Fsp3) is 0.552. The smallest absolute Gasteiger partial charge is 0.169 e. The van der Waals surface area contributed by atoms with Gasteiger partial charge in [-0.15, -0.1) is 12.3 Å². The Kier molecular flexibility index (Phi) is 13.5. The van der Waals surface area contributed by atoms with Crippen LogP contribution in [0.2, 0.25) is 0 Å². The molecular weight excluding hydrogens is 484 g/mol. The second-order valence-electron chi connectivity index (χ2n) is 11.3. The predicted molar refractivity (Wildman–Crippen MR) is 188 cm³/mol. The zero-order valence-corrected chi connectivity index (χ0v) is 26.4. The molecule has 14 radical (unpaired) electrons. The van der Waals surface area contributed by atoms with Gasteiger partial charge in [-0.25, -0.2) is 4.58 Å². The van der Waals surface area contributed by atoms with E-state index in [9.17, 15) is 0 Å². The molecule has 2 aliphatic heterocycles. The van der Waals surface area contributed by atoms with Crippen LogP contribution in [0.4, 0.5) is 0 Å². The van der Waals surface area contributed by atoms with Crippen molar-refractivity contribution in [3.63, 3.8) is 0 Å². The highest BCUT2D eigenvalue weighted by atomic mass is 15.2. The maximum absolute atomic E-state index is 6.85. The minimum absolute atomic E-state index is 0.316. The van der Waals surface area contributed by atoms with Crippen molar-refractivity contribution in [2.75, 3.05) is 13.1 Å². The van der Waals surface area contributed by atoms with Crippen LogP contribution in [0.1, 0.15) is 68.2 Å². The van der Waals surface area contributed by atoms with Gasteiger partial charge in [-0.2, -0.15) is 0 Å². The summed E-state index contributed by atoms with van der Waals surface area (Å²) in [5.74, 6) is 10.0. The number of rotatable bonds is 10. The van der Waals surface area contributed by atoms with E-state index in [0.29, 0.717) is 51.5 Å². The third-order valence-electron chi connectivity index (χ3n) is 8.98. The Morgan fingerprint density at radius 2 is 1.71 bits per heavy atom. The monoisotopic (exact) mass is 523 g/mol. The largest absolute Gasteiger partial charge is 0.373 e. The second kappa shape index (κ2) is 15.6. The first-order chi connectivity index (χ1) is 19.4. The van der Waals surface area contributed by atoms with Crippen LogP contribution in [-0.4, -0.2) is 114 Å². The van der Waals surface area contributed by atoms with E-state index in [1.54, 1.807) is 6.92 Å². The van der Waals surface area contributed by atoms with Crippen LogP contribution in [0.3, 0.4) is 0 Å². The summed E-state index contributed by atoms with van der Waals surface area (Å²) in [5, 5.41) is 0. The fourth-order valence-electron chi connectivity index (χ4n) is 6.30. The van der Waals surface area contributed by atoms with Crippen molar-refractivity contribution in [2.24, 2.45) is 11.8 Å². The summed E-state index contributed by atoms with van der Waals surface area (Å²) in [5.41, 5.74) is 6.44. The van der Waals surface area contributed by atoms with Crippen molar-refractivity contribution in [1.29, 1.82) is 0 Å². The maximum atomic E-state index is 6.85. The van der Waals surface area contributed by atoms with Gasteiger partial charge in [-0.05, 0) is 59.4 Å². The molecule has 0 saturated carbocycles. The SMILES string of the molecule is [B][B]B([B])C(/C(C#CC)=C(B([B])[B])/C(C#C)=C([B][B])/C(C)=C(\[B])C1=[N+](CC)C(C)C(C)C1)=C1/CC(C)C(C)N1CC. The lowest BCUT2D eigenvalue weighted by Crippen LogP contribution is -2.35. The number of likely N-dealkylation sites (tertiary alicyclic amines) is 1. The molecule has 0 N–H and O–H groups in total. The topological polar surface area (TPSA) is 6.25 Å². The van der Waals surface area contributed by atoms with Gasteiger partial charge in [0.15, 0.2) is 11.8 Å². The standard InChI is InChI=1S/C29H37B10N2/c1-10-14-23(29(39(35)37-32)25-16-18(6)21(9)41(25)13-4)28(38(33)34)22(11-2)27(36-31)19(7)26(30)24-15-17(5)20(8)40(24)12-3/h2,17-18,20-21H,12-13,15-16H2,1,3-9H3/q+1. The van der Waals surface area contributed by atoms with Gasteiger partial charge in [0.05, 0.1) is 20.2 Å². The summed E-state index contributed by atoms with van der Waals surface area (Å²) >= 11 is 0. The maximum Gasteiger partial charge on any atom is 0.169 e. The average molecular weight is 522 g/mol. The molecule has 1 fully saturated rings. The summed E-state index contributed by atoms with van der Waals surface area (Å²) in [6.45, 7) is 16.9. The van der Waals surface area contributed by atoms with Gasteiger partial charge in [-0.3, -0.25) is 0 Å². The number of hydrogen-bond donors (Lipinski definition) is 0.